The number of carbonyl (C=O) groups excluding carboxylic acids is 4. The summed E-state index contributed by atoms with van der Waals surface area (Å²) < 4.78 is 4.86. The molecule has 0 aromatic heterocycles. The van der Waals surface area contributed by atoms with Crippen LogP contribution < -0.4 is 0 Å². The molecule has 0 aromatic rings. The monoisotopic (exact) mass is 325 g/mol. The Morgan fingerprint density at radius 3 is 2.39 bits per heavy atom. The van der Waals surface area contributed by atoms with E-state index in [0.717, 1.165) is 0 Å². The predicted molar refractivity (Wildman–Crippen MR) is 80.5 cm³/mol. The number of imide groups is 1. The van der Waals surface area contributed by atoms with Crippen LogP contribution in [0.15, 0.2) is 12.7 Å². The molecule has 0 unspecified atom stereocenters. The van der Waals surface area contributed by atoms with Crippen LogP contribution in [0.5, 0.6) is 0 Å². The molecule has 23 heavy (non-hydrogen) atoms. The molecular formula is C16H23NO6. The highest BCUT2D eigenvalue weighted by molar-refractivity contribution is 6.01. The average Bonchev–Trinajstić information content (AvgIpc) is 2.80. The van der Waals surface area contributed by atoms with E-state index in [-0.39, 0.29) is 37.8 Å². The van der Waals surface area contributed by atoms with Crippen LogP contribution in [0.2, 0.25) is 0 Å². The average molecular weight is 325 g/mol. The van der Waals surface area contributed by atoms with E-state index in [9.17, 15) is 19.2 Å². The molecule has 0 N–H and O–H groups in total. The molecule has 0 spiro atoms. The molecule has 128 valence electrons. The van der Waals surface area contributed by atoms with Gasteiger partial charge in [-0.1, -0.05) is 26.5 Å². The normalized spacial score (nSPS) is 15.7. The van der Waals surface area contributed by atoms with E-state index in [1.54, 1.807) is 0 Å². The zero-order valence-electron chi connectivity index (χ0n) is 13.6. The Bertz CT molecular complexity index is 469. The SMILES string of the molecule is C=CCOC(=O)CCC[C@H](C(=O)ON1C(=O)CCC1=O)C(C)C. The van der Waals surface area contributed by atoms with Crippen LogP contribution in [-0.2, 0) is 28.8 Å². The van der Waals surface area contributed by atoms with E-state index in [1.165, 1.54) is 6.08 Å². The van der Waals surface area contributed by atoms with Crippen LogP contribution in [0, 0.1) is 11.8 Å². The Hall–Kier alpha value is -2.18. The van der Waals surface area contributed by atoms with Gasteiger partial charge in [0.05, 0.1) is 5.92 Å². The zero-order valence-corrected chi connectivity index (χ0v) is 13.6. The highest BCUT2D eigenvalue weighted by atomic mass is 16.7. The lowest BCUT2D eigenvalue weighted by atomic mass is 9.91. The second-order valence-electron chi connectivity index (χ2n) is 5.71. The molecule has 0 saturated carbocycles. The number of hydroxylamine groups is 2. The Morgan fingerprint density at radius 1 is 1.26 bits per heavy atom. The fraction of sp³-hybridized carbons (Fsp3) is 0.625. The number of ether oxygens (including phenoxy) is 1. The van der Waals surface area contributed by atoms with Crippen molar-refractivity contribution in [3.05, 3.63) is 12.7 Å². The molecule has 0 radical (unpaired) electrons. The molecule has 7 heteroatoms. The molecular weight excluding hydrogens is 302 g/mol. The van der Waals surface area contributed by atoms with Crippen molar-refractivity contribution < 1.29 is 28.8 Å². The maximum Gasteiger partial charge on any atom is 0.336 e. The minimum Gasteiger partial charge on any atom is -0.461 e. The standard InChI is InChI=1S/C16H23NO6/c1-4-10-22-15(20)7-5-6-12(11(2)3)16(21)23-17-13(18)8-9-14(17)19/h4,11-12H,1,5-10H2,2-3H3/t12-/m0/s1. The number of carbonyl (C=O) groups is 4. The summed E-state index contributed by atoms with van der Waals surface area (Å²) in [6.45, 7) is 7.30. The topological polar surface area (TPSA) is 90.0 Å². The largest absolute Gasteiger partial charge is 0.461 e. The molecule has 1 saturated heterocycles. The first-order chi connectivity index (χ1) is 10.9. The predicted octanol–water partition coefficient (Wildman–Crippen LogP) is 1.77. The number of rotatable bonds is 9. The van der Waals surface area contributed by atoms with Crippen LogP contribution in [-0.4, -0.2) is 35.4 Å². The highest BCUT2D eigenvalue weighted by Crippen LogP contribution is 2.22. The molecule has 7 nitrogen and oxygen atoms in total. The van der Waals surface area contributed by atoms with Crippen molar-refractivity contribution in [2.45, 2.75) is 46.0 Å². The third-order valence-electron chi connectivity index (χ3n) is 3.55. The van der Waals surface area contributed by atoms with Crippen molar-refractivity contribution in [2.24, 2.45) is 11.8 Å². The van der Waals surface area contributed by atoms with E-state index >= 15 is 0 Å². The number of amides is 2. The van der Waals surface area contributed by atoms with E-state index in [2.05, 4.69) is 6.58 Å². The minimum absolute atomic E-state index is 0.0421. The molecule has 1 aliphatic rings. The summed E-state index contributed by atoms with van der Waals surface area (Å²) in [6, 6.07) is 0. The van der Waals surface area contributed by atoms with Crippen molar-refractivity contribution in [1.82, 2.24) is 5.06 Å². The van der Waals surface area contributed by atoms with E-state index in [4.69, 9.17) is 9.57 Å². The van der Waals surface area contributed by atoms with Crippen LogP contribution in [0.4, 0.5) is 0 Å². The van der Waals surface area contributed by atoms with Gasteiger partial charge < -0.3 is 9.57 Å². The first-order valence-corrected chi connectivity index (χ1v) is 7.71. The van der Waals surface area contributed by atoms with Gasteiger partial charge in [-0.3, -0.25) is 14.4 Å². The van der Waals surface area contributed by atoms with Gasteiger partial charge in [0.25, 0.3) is 11.8 Å². The van der Waals surface area contributed by atoms with Gasteiger partial charge >= 0.3 is 11.9 Å². The van der Waals surface area contributed by atoms with Crippen molar-refractivity contribution in [3.8, 4) is 0 Å². The second kappa shape index (κ2) is 9.07. The molecule has 1 fully saturated rings. The van der Waals surface area contributed by atoms with Gasteiger partial charge in [-0.05, 0) is 18.8 Å². The summed E-state index contributed by atoms with van der Waals surface area (Å²) in [5.74, 6) is -2.52. The van der Waals surface area contributed by atoms with Gasteiger partial charge in [0.15, 0.2) is 0 Å². The molecule has 0 aliphatic carbocycles. The number of hydrogen-bond donors (Lipinski definition) is 0. The van der Waals surface area contributed by atoms with E-state index in [1.807, 2.05) is 13.8 Å². The van der Waals surface area contributed by atoms with E-state index < -0.39 is 23.7 Å². The third-order valence-corrected chi connectivity index (χ3v) is 3.55. The molecule has 0 aromatic carbocycles. The Labute approximate surface area is 135 Å². The van der Waals surface area contributed by atoms with E-state index in [0.29, 0.717) is 17.9 Å². The number of esters is 1. The summed E-state index contributed by atoms with van der Waals surface area (Å²) in [4.78, 5) is 51.5. The minimum atomic E-state index is -0.622. The maximum absolute atomic E-state index is 12.2. The fourth-order valence-corrected chi connectivity index (χ4v) is 2.23. The maximum atomic E-state index is 12.2. The molecule has 1 heterocycles. The fourth-order valence-electron chi connectivity index (χ4n) is 2.23. The zero-order chi connectivity index (χ0) is 17.4. The molecule has 1 atom stereocenters. The molecule has 0 bridgehead atoms. The van der Waals surface area contributed by atoms with Crippen LogP contribution >= 0.6 is 0 Å². The first kappa shape index (κ1) is 18.9. The van der Waals surface area contributed by atoms with Gasteiger partial charge in [-0.2, -0.15) is 0 Å². The second-order valence-corrected chi connectivity index (χ2v) is 5.71. The number of nitrogens with zero attached hydrogens (tertiary/aromatic N) is 1. The van der Waals surface area contributed by atoms with Gasteiger partial charge in [-0.15, -0.1) is 5.06 Å². The summed E-state index contributed by atoms with van der Waals surface area (Å²) in [5.41, 5.74) is 0. The van der Waals surface area contributed by atoms with Gasteiger partial charge in [0.2, 0.25) is 0 Å². The van der Waals surface area contributed by atoms with Crippen LogP contribution in [0.1, 0.15) is 46.0 Å². The molecule has 1 rings (SSSR count). The van der Waals surface area contributed by atoms with Gasteiger partial charge in [0, 0.05) is 19.3 Å². The van der Waals surface area contributed by atoms with Crippen molar-refractivity contribution in [1.29, 1.82) is 0 Å². The van der Waals surface area contributed by atoms with Gasteiger partial charge in [0.1, 0.15) is 6.61 Å². The number of hydrogen-bond acceptors (Lipinski definition) is 6. The van der Waals surface area contributed by atoms with Crippen LogP contribution in [0.25, 0.3) is 0 Å². The van der Waals surface area contributed by atoms with Crippen LogP contribution in [0.3, 0.4) is 0 Å². The van der Waals surface area contributed by atoms with Crippen molar-refractivity contribution in [2.75, 3.05) is 6.61 Å². The van der Waals surface area contributed by atoms with Crippen molar-refractivity contribution in [3.63, 3.8) is 0 Å². The Kier molecular flexibility index (Phi) is 7.44. The van der Waals surface area contributed by atoms with Gasteiger partial charge in [-0.25, -0.2) is 4.79 Å². The summed E-state index contributed by atoms with van der Waals surface area (Å²) in [5, 5.41) is 0.552. The third kappa shape index (κ3) is 5.84. The first-order valence-electron chi connectivity index (χ1n) is 7.71. The highest BCUT2D eigenvalue weighted by Gasteiger charge is 2.35. The van der Waals surface area contributed by atoms with Crippen molar-refractivity contribution >= 4 is 23.8 Å². The summed E-state index contributed by atoms with van der Waals surface area (Å²) in [7, 11) is 0. The Morgan fingerprint density at radius 2 is 1.87 bits per heavy atom. The quantitative estimate of drug-likeness (QED) is 0.364. The smallest absolute Gasteiger partial charge is 0.336 e. The lowest BCUT2D eigenvalue weighted by Crippen LogP contribution is -2.36. The summed E-state index contributed by atoms with van der Waals surface area (Å²) >= 11 is 0. The lowest BCUT2D eigenvalue weighted by Gasteiger charge is -2.21. The molecule has 1 aliphatic heterocycles. The summed E-state index contributed by atoms with van der Waals surface area (Å²) in [6.07, 6.45) is 2.66. The molecule has 2 amide bonds. The lowest BCUT2D eigenvalue weighted by molar-refractivity contribution is -0.201. The Balaban J connectivity index is 2.48.